The largest absolute Gasteiger partial charge is 0.493 e. The molecule has 0 bridgehead atoms. The summed E-state index contributed by atoms with van der Waals surface area (Å²) in [7, 11) is 0. The molecule has 0 saturated heterocycles. The van der Waals surface area contributed by atoms with Crippen LogP contribution in [0.25, 0.3) is 0 Å². The number of halogens is 1. The summed E-state index contributed by atoms with van der Waals surface area (Å²) in [6, 6.07) is 3.90. The lowest BCUT2D eigenvalue weighted by molar-refractivity contribution is 0.111. The Bertz CT molecular complexity index is 310. The van der Waals surface area contributed by atoms with Crippen molar-refractivity contribution in [3.63, 3.8) is 0 Å². The van der Waals surface area contributed by atoms with Gasteiger partial charge in [0.1, 0.15) is 11.6 Å². The lowest BCUT2D eigenvalue weighted by Crippen LogP contribution is -1.99. The maximum absolute atomic E-state index is 12.8. The molecule has 0 fully saturated rings. The molecule has 1 aromatic carbocycles. The molecule has 0 spiro atoms. The number of unbranched alkanes of at least 4 members (excludes halogenated alkanes) is 1. The first-order valence-electron chi connectivity index (χ1n) is 4.65. The molecule has 0 aliphatic rings. The van der Waals surface area contributed by atoms with Gasteiger partial charge in [-0.05, 0) is 18.6 Å². The number of carbonyl (C=O) groups is 1. The van der Waals surface area contributed by atoms with Gasteiger partial charge in [0.15, 0.2) is 6.29 Å². The average molecular weight is 196 g/mol. The van der Waals surface area contributed by atoms with Gasteiger partial charge in [0.25, 0.3) is 0 Å². The summed E-state index contributed by atoms with van der Waals surface area (Å²) in [6.07, 6.45) is 2.57. The molecule has 0 amide bonds. The van der Waals surface area contributed by atoms with E-state index in [0.29, 0.717) is 24.2 Å². The molecular formula is C11H13FO2. The maximum Gasteiger partial charge on any atom is 0.153 e. The van der Waals surface area contributed by atoms with Crippen LogP contribution in [0.15, 0.2) is 18.2 Å². The molecule has 1 aromatic rings. The second-order valence-electron chi connectivity index (χ2n) is 3.00. The second-order valence-corrected chi connectivity index (χ2v) is 3.00. The molecule has 0 heterocycles. The number of rotatable bonds is 5. The standard InChI is InChI=1S/C11H13FO2/c1-2-3-6-14-11-7-10(12)5-4-9(11)8-13/h4-5,7-8H,2-3,6H2,1H3. The molecule has 0 aliphatic carbocycles. The number of aldehydes is 1. The van der Waals surface area contributed by atoms with E-state index in [4.69, 9.17) is 4.74 Å². The van der Waals surface area contributed by atoms with Gasteiger partial charge in [0.05, 0.1) is 12.2 Å². The fourth-order valence-corrected chi connectivity index (χ4v) is 1.06. The Morgan fingerprint density at radius 2 is 2.29 bits per heavy atom. The Balaban J connectivity index is 2.72. The molecule has 0 unspecified atom stereocenters. The predicted molar refractivity (Wildman–Crippen MR) is 52.2 cm³/mol. The summed E-state index contributed by atoms with van der Waals surface area (Å²) in [5.74, 6) is -0.0597. The van der Waals surface area contributed by atoms with Crippen LogP contribution in [-0.2, 0) is 0 Å². The molecular weight excluding hydrogens is 183 g/mol. The van der Waals surface area contributed by atoms with Crippen molar-refractivity contribution in [1.82, 2.24) is 0 Å². The van der Waals surface area contributed by atoms with E-state index >= 15 is 0 Å². The minimum absolute atomic E-state index is 0.327. The quantitative estimate of drug-likeness (QED) is 0.534. The van der Waals surface area contributed by atoms with Crippen LogP contribution in [0.3, 0.4) is 0 Å². The summed E-state index contributed by atoms with van der Waals surface area (Å²) >= 11 is 0. The number of hydrogen-bond acceptors (Lipinski definition) is 2. The van der Waals surface area contributed by atoms with Crippen LogP contribution < -0.4 is 4.74 Å². The minimum atomic E-state index is -0.387. The number of carbonyl (C=O) groups excluding carboxylic acids is 1. The number of hydrogen-bond donors (Lipinski definition) is 0. The number of ether oxygens (including phenoxy) is 1. The van der Waals surface area contributed by atoms with Crippen LogP contribution in [-0.4, -0.2) is 12.9 Å². The highest BCUT2D eigenvalue weighted by Crippen LogP contribution is 2.18. The van der Waals surface area contributed by atoms with Crippen molar-refractivity contribution in [2.75, 3.05) is 6.61 Å². The van der Waals surface area contributed by atoms with Crippen LogP contribution in [0, 0.1) is 5.82 Å². The highest BCUT2D eigenvalue weighted by molar-refractivity contribution is 5.79. The zero-order valence-electron chi connectivity index (χ0n) is 8.13. The second kappa shape index (κ2) is 5.37. The smallest absolute Gasteiger partial charge is 0.153 e. The normalized spacial score (nSPS) is 9.86. The molecule has 0 radical (unpaired) electrons. The predicted octanol–water partition coefficient (Wildman–Crippen LogP) is 2.82. The summed E-state index contributed by atoms with van der Waals surface area (Å²) in [5.41, 5.74) is 0.391. The molecule has 0 aliphatic heterocycles. The van der Waals surface area contributed by atoms with E-state index < -0.39 is 0 Å². The van der Waals surface area contributed by atoms with Gasteiger partial charge in [-0.15, -0.1) is 0 Å². The SMILES string of the molecule is CCCCOc1cc(F)ccc1C=O. The molecule has 76 valence electrons. The topological polar surface area (TPSA) is 26.3 Å². The van der Waals surface area contributed by atoms with Gasteiger partial charge in [0.2, 0.25) is 0 Å². The fourth-order valence-electron chi connectivity index (χ4n) is 1.06. The van der Waals surface area contributed by atoms with Gasteiger partial charge in [0, 0.05) is 6.07 Å². The lowest BCUT2D eigenvalue weighted by atomic mass is 10.2. The zero-order chi connectivity index (χ0) is 10.4. The Kier molecular flexibility index (Phi) is 4.11. The average Bonchev–Trinajstić information content (AvgIpc) is 2.19. The molecule has 0 N–H and O–H groups in total. The summed E-state index contributed by atoms with van der Waals surface area (Å²) in [4.78, 5) is 10.6. The zero-order valence-corrected chi connectivity index (χ0v) is 8.13. The summed E-state index contributed by atoms with van der Waals surface area (Å²) in [6.45, 7) is 2.55. The van der Waals surface area contributed by atoms with E-state index in [-0.39, 0.29) is 5.82 Å². The third kappa shape index (κ3) is 2.83. The van der Waals surface area contributed by atoms with Crippen molar-refractivity contribution in [2.24, 2.45) is 0 Å². The first-order chi connectivity index (χ1) is 6.77. The van der Waals surface area contributed by atoms with E-state index in [1.807, 2.05) is 6.92 Å². The van der Waals surface area contributed by atoms with Crippen molar-refractivity contribution in [3.8, 4) is 5.75 Å². The molecule has 0 aromatic heterocycles. The van der Waals surface area contributed by atoms with Crippen molar-refractivity contribution in [2.45, 2.75) is 19.8 Å². The third-order valence-corrected chi connectivity index (χ3v) is 1.86. The Morgan fingerprint density at radius 3 is 2.93 bits per heavy atom. The van der Waals surface area contributed by atoms with Crippen LogP contribution in [0.1, 0.15) is 30.1 Å². The first kappa shape index (κ1) is 10.7. The fraction of sp³-hybridized carbons (Fsp3) is 0.364. The molecule has 3 heteroatoms. The van der Waals surface area contributed by atoms with Gasteiger partial charge >= 0.3 is 0 Å². The van der Waals surface area contributed by atoms with E-state index in [1.54, 1.807) is 0 Å². The van der Waals surface area contributed by atoms with Gasteiger partial charge in [-0.25, -0.2) is 4.39 Å². The number of benzene rings is 1. The highest BCUT2D eigenvalue weighted by atomic mass is 19.1. The molecule has 14 heavy (non-hydrogen) atoms. The van der Waals surface area contributed by atoms with E-state index in [1.165, 1.54) is 18.2 Å². The monoisotopic (exact) mass is 196 g/mol. The molecule has 2 nitrogen and oxygen atoms in total. The minimum Gasteiger partial charge on any atom is -0.493 e. The van der Waals surface area contributed by atoms with Gasteiger partial charge in [-0.2, -0.15) is 0 Å². The van der Waals surface area contributed by atoms with E-state index in [2.05, 4.69) is 0 Å². The maximum atomic E-state index is 12.8. The van der Waals surface area contributed by atoms with Crippen molar-refractivity contribution < 1.29 is 13.9 Å². The molecule has 1 rings (SSSR count). The Morgan fingerprint density at radius 1 is 1.50 bits per heavy atom. The van der Waals surface area contributed by atoms with E-state index in [0.717, 1.165) is 12.8 Å². The van der Waals surface area contributed by atoms with E-state index in [9.17, 15) is 9.18 Å². The van der Waals surface area contributed by atoms with Gasteiger partial charge in [-0.1, -0.05) is 13.3 Å². The van der Waals surface area contributed by atoms with Crippen molar-refractivity contribution >= 4 is 6.29 Å². The van der Waals surface area contributed by atoms with Crippen molar-refractivity contribution in [1.29, 1.82) is 0 Å². The summed E-state index contributed by atoms with van der Waals surface area (Å²) < 4.78 is 18.1. The molecule has 0 atom stereocenters. The van der Waals surface area contributed by atoms with Crippen LogP contribution >= 0.6 is 0 Å². The van der Waals surface area contributed by atoms with Crippen LogP contribution in [0.2, 0.25) is 0 Å². The van der Waals surface area contributed by atoms with Gasteiger partial charge < -0.3 is 4.74 Å². The van der Waals surface area contributed by atoms with Gasteiger partial charge in [-0.3, -0.25) is 4.79 Å². The lowest BCUT2D eigenvalue weighted by Gasteiger charge is -2.07. The molecule has 0 saturated carbocycles. The van der Waals surface area contributed by atoms with Crippen LogP contribution in [0.4, 0.5) is 4.39 Å². The summed E-state index contributed by atoms with van der Waals surface area (Å²) in [5, 5.41) is 0. The first-order valence-corrected chi connectivity index (χ1v) is 4.65. The third-order valence-electron chi connectivity index (χ3n) is 1.86. The van der Waals surface area contributed by atoms with Crippen molar-refractivity contribution in [3.05, 3.63) is 29.6 Å². The Labute approximate surface area is 82.7 Å². The highest BCUT2D eigenvalue weighted by Gasteiger charge is 2.03. The Hall–Kier alpha value is -1.38. The van der Waals surface area contributed by atoms with Crippen LogP contribution in [0.5, 0.6) is 5.75 Å².